The average molecular weight is 288 g/mol. The summed E-state index contributed by atoms with van der Waals surface area (Å²) in [4.78, 5) is 37.3. The number of amides is 2. The van der Waals surface area contributed by atoms with Crippen LogP contribution in [0.1, 0.15) is 33.6 Å². The third kappa shape index (κ3) is 5.90. The number of aliphatic carboxylic acids is 1. The minimum absolute atomic E-state index is 0.126. The number of urea groups is 1. The molecule has 0 aliphatic carbocycles. The standard InChI is InChI=1S/C13H24N2O5/c1-5-7-14(9-12(18)20-4)13(19)15(6-2)10(3)8-11(16)17/h10H,5-9H2,1-4H3,(H,16,17). The first-order valence-corrected chi connectivity index (χ1v) is 6.71. The number of carboxylic acid groups (broad SMARTS) is 1. The van der Waals surface area contributed by atoms with Gasteiger partial charge in [-0.3, -0.25) is 9.59 Å². The summed E-state index contributed by atoms with van der Waals surface area (Å²) in [6.45, 7) is 6.03. The first kappa shape index (κ1) is 18.2. The Morgan fingerprint density at radius 3 is 2.25 bits per heavy atom. The van der Waals surface area contributed by atoms with Gasteiger partial charge in [-0.15, -0.1) is 0 Å². The van der Waals surface area contributed by atoms with Crippen LogP contribution in [0.3, 0.4) is 0 Å². The summed E-state index contributed by atoms with van der Waals surface area (Å²) >= 11 is 0. The van der Waals surface area contributed by atoms with Gasteiger partial charge in [0.15, 0.2) is 0 Å². The third-order valence-electron chi connectivity index (χ3n) is 2.90. The zero-order valence-electron chi connectivity index (χ0n) is 12.6. The van der Waals surface area contributed by atoms with E-state index < -0.39 is 18.0 Å². The molecule has 0 saturated heterocycles. The second-order valence-corrected chi connectivity index (χ2v) is 4.51. The smallest absolute Gasteiger partial charge is 0.325 e. The lowest BCUT2D eigenvalue weighted by molar-refractivity contribution is -0.142. The van der Waals surface area contributed by atoms with E-state index in [0.717, 1.165) is 0 Å². The second-order valence-electron chi connectivity index (χ2n) is 4.51. The van der Waals surface area contributed by atoms with Gasteiger partial charge in [0, 0.05) is 19.1 Å². The lowest BCUT2D eigenvalue weighted by Crippen LogP contribution is -2.49. The van der Waals surface area contributed by atoms with E-state index in [1.54, 1.807) is 13.8 Å². The largest absolute Gasteiger partial charge is 0.481 e. The molecule has 0 aliphatic heterocycles. The number of methoxy groups -OCH3 is 1. The van der Waals surface area contributed by atoms with Crippen molar-refractivity contribution in [3.05, 3.63) is 0 Å². The summed E-state index contributed by atoms with van der Waals surface area (Å²) in [6, 6.07) is -0.768. The third-order valence-corrected chi connectivity index (χ3v) is 2.90. The Morgan fingerprint density at radius 1 is 1.25 bits per heavy atom. The van der Waals surface area contributed by atoms with Gasteiger partial charge < -0.3 is 19.6 Å². The molecular formula is C13H24N2O5. The molecule has 0 spiro atoms. The lowest BCUT2D eigenvalue weighted by Gasteiger charge is -2.32. The Hall–Kier alpha value is -1.79. The van der Waals surface area contributed by atoms with Crippen LogP contribution in [0.5, 0.6) is 0 Å². The molecule has 0 heterocycles. The second kappa shape index (κ2) is 9.17. The molecular weight excluding hydrogens is 264 g/mol. The van der Waals surface area contributed by atoms with Crippen LogP contribution >= 0.6 is 0 Å². The van der Waals surface area contributed by atoms with Crippen molar-refractivity contribution < 1.29 is 24.2 Å². The molecule has 1 unspecified atom stereocenters. The summed E-state index contributed by atoms with van der Waals surface area (Å²) in [5.41, 5.74) is 0. The van der Waals surface area contributed by atoms with Gasteiger partial charge in [-0.1, -0.05) is 6.92 Å². The summed E-state index contributed by atoms with van der Waals surface area (Å²) in [5, 5.41) is 8.81. The Balaban J connectivity index is 4.89. The van der Waals surface area contributed by atoms with E-state index >= 15 is 0 Å². The number of ether oxygens (including phenoxy) is 1. The van der Waals surface area contributed by atoms with Crippen molar-refractivity contribution >= 4 is 18.0 Å². The number of nitrogens with zero attached hydrogens (tertiary/aromatic N) is 2. The Kier molecular flexibility index (Phi) is 8.35. The number of carbonyl (C=O) groups excluding carboxylic acids is 2. The molecule has 20 heavy (non-hydrogen) atoms. The van der Waals surface area contributed by atoms with Crippen LogP contribution in [0.2, 0.25) is 0 Å². The monoisotopic (exact) mass is 288 g/mol. The van der Waals surface area contributed by atoms with E-state index in [0.29, 0.717) is 19.5 Å². The van der Waals surface area contributed by atoms with Crippen LogP contribution in [0, 0.1) is 0 Å². The summed E-state index contributed by atoms with van der Waals surface area (Å²) in [5.74, 6) is -1.45. The SMILES string of the molecule is CCCN(CC(=O)OC)C(=O)N(CC)C(C)CC(=O)O. The molecule has 0 aromatic heterocycles. The van der Waals surface area contributed by atoms with Gasteiger partial charge in [0.05, 0.1) is 13.5 Å². The van der Waals surface area contributed by atoms with Gasteiger partial charge in [0.2, 0.25) is 0 Å². The molecule has 0 bridgehead atoms. The maximum Gasteiger partial charge on any atom is 0.325 e. The van der Waals surface area contributed by atoms with Crippen molar-refractivity contribution in [3.8, 4) is 0 Å². The van der Waals surface area contributed by atoms with E-state index in [-0.39, 0.29) is 19.0 Å². The summed E-state index contributed by atoms with van der Waals surface area (Å²) in [6.07, 6.45) is 0.575. The number of carbonyl (C=O) groups is 3. The zero-order valence-corrected chi connectivity index (χ0v) is 12.6. The van der Waals surface area contributed by atoms with Crippen LogP contribution < -0.4 is 0 Å². The fraction of sp³-hybridized carbons (Fsp3) is 0.769. The molecule has 1 N–H and O–H groups in total. The van der Waals surface area contributed by atoms with Gasteiger partial charge in [0.1, 0.15) is 6.54 Å². The highest BCUT2D eigenvalue weighted by Gasteiger charge is 2.26. The number of hydrogen-bond donors (Lipinski definition) is 1. The molecule has 0 aliphatic rings. The van der Waals surface area contributed by atoms with E-state index in [2.05, 4.69) is 4.74 Å². The zero-order chi connectivity index (χ0) is 15.7. The number of carboxylic acids is 1. The molecule has 0 rings (SSSR count). The van der Waals surface area contributed by atoms with Gasteiger partial charge in [-0.05, 0) is 20.3 Å². The minimum atomic E-state index is -0.959. The minimum Gasteiger partial charge on any atom is -0.481 e. The maximum atomic E-state index is 12.4. The predicted octanol–water partition coefficient (Wildman–Crippen LogP) is 1.18. The Bertz CT molecular complexity index is 346. The molecule has 7 nitrogen and oxygen atoms in total. The van der Waals surface area contributed by atoms with Crippen molar-refractivity contribution in [2.75, 3.05) is 26.7 Å². The Morgan fingerprint density at radius 2 is 1.85 bits per heavy atom. The fourth-order valence-corrected chi connectivity index (χ4v) is 1.91. The first-order valence-electron chi connectivity index (χ1n) is 6.71. The summed E-state index contributed by atoms with van der Waals surface area (Å²) in [7, 11) is 1.27. The summed E-state index contributed by atoms with van der Waals surface area (Å²) < 4.78 is 4.57. The molecule has 0 aromatic rings. The molecule has 1 atom stereocenters. The van der Waals surface area contributed by atoms with Gasteiger partial charge >= 0.3 is 18.0 Å². The van der Waals surface area contributed by atoms with Crippen molar-refractivity contribution in [3.63, 3.8) is 0 Å². The molecule has 0 radical (unpaired) electrons. The quantitative estimate of drug-likeness (QED) is 0.678. The van der Waals surface area contributed by atoms with Crippen LogP contribution in [0.15, 0.2) is 0 Å². The first-order chi connectivity index (χ1) is 9.37. The molecule has 0 fully saturated rings. The highest BCUT2D eigenvalue weighted by atomic mass is 16.5. The molecule has 116 valence electrons. The molecule has 0 aromatic carbocycles. The van der Waals surface area contributed by atoms with Crippen molar-refractivity contribution in [1.29, 1.82) is 0 Å². The van der Waals surface area contributed by atoms with E-state index in [9.17, 15) is 14.4 Å². The highest BCUT2D eigenvalue weighted by molar-refractivity contribution is 5.81. The molecule has 2 amide bonds. The van der Waals surface area contributed by atoms with E-state index in [4.69, 9.17) is 5.11 Å². The average Bonchev–Trinajstić information content (AvgIpc) is 2.37. The number of esters is 1. The van der Waals surface area contributed by atoms with Crippen LogP contribution in [0.25, 0.3) is 0 Å². The molecule has 0 saturated carbocycles. The van der Waals surface area contributed by atoms with E-state index in [1.807, 2.05) is 6.92 Å². The van der Waals surface area contributed by atoms with Crippen LogP contribution in [-0.4, -0.2) is 65.7 Å². The maximum absolute atomic E-state index is 12.4. The van der Waals surface area contributed by atoms with Crippen molar-refractivity contribution in [2.45, 2.75) is 39.7 Å². The van der Waals surface area contributed by atoms with Gasteiger partial charge in [-0.2, -0.15) is 0 Å². The lowest BCUT2D eigenvalue weighted by atomic mass is 10.2. The van der Waals surface area contributed by atoms with Crippen molar-refractivity contribution in [2.24, 2.45) is 0 Å². The number of rotatable bonds is 8. The van der Waals surface area contributed by atoms with Crippen LogP contribution in [0.4, 0.5) is 4.79 Å². The van der Waals surface area contributed by atoms with Gasteiger partial charge in [-0.25, -0.2) is 4.79 Å². The highest BCUT2D eigenvalue weighted by Crippen LogP contribution is 2.09. The fourth-order valence-electron chi connectivity index (χ4n) is 1.91. The van der Waals surface area contributed by atoms with Gasteiger partial charge in [0.25, 0.3) is 0 Å². The van der Waals surface area contributed by atoms with Crippen LogP contribution in [-0.2, 0) is 14.3 Å². The molecule has 7 heteroatoms. The topological polar surface area (TPSA) is 87.2 Å². The Labute approximate surface area is 119 Å². The predicted molar refractivity (Wildman–Crippen MR) is 73.4 cm³/mol. The normalized spacial score (nSPS) is 11.6. The van der Waals surface area contributed by atoms with E-state index in [1.165, 1.54) is 16.9 Å². The van der Waals surface area contributed by atoms with Crippen molar-refractivity contribution in [1.82, 2.24) is 9.80 Å². The number of hydrogen-bond acceptors (Lipinski definition) is 4.